The van der Waals surface area contributed by atoms with Crippen molar-refractivity contribution in [3.63, 3.8) is 0 Å². The van der Waals surface area contributed by atoms with Crippen LogP contribution in [0.4, 0.5) is 14.7 Å². The topological polar surface area (TPSA) is 74.2 Å². The van der Waals surface area contributed by atoms with Gasteiger partial charge in [0.05, 0.1) is 11.2 Å². The Morgan fingerprint density at radius 2 is 2.00 bits per heavy atom. The van der Waals surface area contributed by atoms with E-state index >= 15 is 0 Å². The van der Waals surface area contributed by atoms with E-state index in [2.05, 4.69) is 32.3 Å². The number of hydrogen-bond acceptors (Lipinski definition) is 6. The Hall–Kier alpha value is -2.35. The molecule has 0 radical (unpaired) electrons. The zero-order chi connectivity index (χ0) is 20.8. The molecule has 0 spiro atoms. The second-order valence-electron chi connectivity index (χ2n) is 8.53. The molecule has 2 aliphatic heterocycles. The summed E-state index contributed by atoms with van der Waals surface area (Å²) >= 11 is 0. The average molecular weight is 403 g/mol. The van der Waals surface area contributed by atoms with Gasteiger partial charge < -0.3 is 10.4 Å². The number of aromatic hydroxyl groups is 1. The summed E-state index contributed by atoms with van der Waals surface area (Å²) < 4.78 is 27.0. The van der Waals surface area contributed by atoms with Gasteiger partial charge in [-0.2, -0.15) is 0 Å². The van der Waals surface area contributed by atoms with Gasteiger partial charge in [0.15, 0.2) is 0 Å². The summed E-state index contributed by atoms with van der Waals surface area (Å²) in [5.41, 5.74) is 0.947. The number of phenolic OH excluding ortho intramolecular Hbond substituents is 1. The number of aromatic nitrogens is 3. The molecule has 29 heavy (non-hydrogen) atoms. The number of nitrogens with one attached hydrogen (secondary N) is 1. The Labute approximate surface area is 169 Å². The van der Waals surface area contributed by atoms with Crippen LogP contribution in [-0.2, 0) is 5.92 Å². The van der Waals surface area contributed by atoms with Crippen LogP contribution in [-0.4, -0.2) is 49.9 Å². The van der Waals surface area contributed by atoms with Crippen molar-refractivity contribution in [1.29, 1.82) is 0 Å². The Kier molecular flexibility index (Phi) is 4.93. The lowest BCUT2D eigenvalue weighted by atomic mass is 9.83. The van der Waals surface area contributed by atoms with Gasteiger partial charge in [0.2, 0.25) is 5.95 Å². The van der Waals surface area contributed by atoms with Crippen LogP contribution < -0.4 is 5.32 Å². The molecule has 156 valence electrons. The third kappa shape index (κ3) is 3.77. The van der Waals surface area contributed by atoms with E-state index < -0.39 is 5.92 Å². The number of hydrogen-bond donors (Lipinski definition) is 2. The first-order valence-corrected chi connectivity index (χ1v) is 10.1. The molecule has 1 aromatic heterocycles. The number of benzene rings is 1. The van der Waals surface area contributed by atoms with E-state index in [1.54, 1.807) is 6.92 Å². The zero-order valence-electron chi connectivity index (χ0n) is 17.0. The highest BCUT2D eigenvalue weighted by atomic mass is 19.3. The minimum Gasteiger partial charge on any atom is -0.507 e. The molecule has 2 aromatic rings. The van der Waals surface area contributed by atoms with Crippen molar-refractivity contribution in [3.05, 3.63) is 29.5 Å². The summed E-state index contributed by atoms with van der Waals surface area (Å²) in [5, 5.41) is 22.2. The van der Waals surface area contributed by atoms with Gasteiger partial charge in [0, 0.05) is 24.1 Å². The van der Waals surface area contributed by atoms with Crippen LogP contribution in [0.15, 0.2) is 18.2 Å². The highest BCUT2D eigenvalue weighted by molar-refractivity contribution is 5.69. The number of anilines is 1. The predicted octanol–water partition coefficient (Wildman–Crippen LogP) is 4.09. The Morgan fingerprint density at radius 3 is 2.69 bits per heavy atom. The molecule has 2 aliphatic rings. The molecule has 8 heteroatoms. The van der Waals surface area contributed by atoms with E-state index in [1.165, 1.54) is 18.6 Å². The third-order valence-electron chi connectivity index (χ3n) is 6.26. The minimum absolute atomic E-state index is 0.110. The SMILES string of the molecule is Cc1nc(N[C@@]2(C)CCCN3CCCC32)nnc1-c1ccc(C(C)(F)F)cc1O. The molecular formula is C21H27F2N5O. The molecule has 1 aromatic carbocycles. The van der Waals surface area contributed by atoms with Crippen molar-refractivity contribution in [2.45, 2.75) is 64.0 Å². The molecule has 2 fully saturated rings. The Balaban J connectivity index is 1.59. The molecule has 3 heterocycles. The van der Waals surface area contributed by atoms with E-state index in [-0.39, 0.29) is 16.9 Å². The molecule has 0 aliphatic carbocycles. The van der Waals surface area contributed by atoms with Gasteiger partial charge in [-0.1, -0.05) is 6.07 Å². The van der Waals surface area contributed by atoms with Crippen molar-refractivity contribution < 1.29 is 13.9 Å². The number of piperidine rings is 1. The lowest BCUT2D eigenvalue weighted by molar-refractivity contribution is 0.0173. The monoisotopic (exact) mass is 403 g/mol. The number of phenols is 1. The lowest BCUT2D eigenvalue weighted by Gasteiger charge is -2.45. The molecule has 0 saturated carbocycles. The zero-order valence-corrected chi connectivity index (χ0v) is 17.0. The summed E-state index contributed by atoms with van der Waals surface area (Å²) in [6.45, 7) is 7.08. The van der Waals surface area contributed by atoms with Gasteiger partial charge in [-0.05, 0) is 64.8 Å². The maximum absolute atomic E-state index is 13.5. The molecule has 2 saturated heterocycles. The van der Waals surface area contributed by atoms with Crippen LogP contribution >= 0.6 is 0 Å². The van der Waals surface area contributed by atoms with E-state index in [0.29, 0.717) is 28.9 Å². The summed E-state index contributed by atoms with van der Waals surface area (Å²) in [6.07, 6.45) is 4.56. The fourth-order valence-corrected chi connectivity index (χ4v) is 4.74. The normalized spacial score (nSPS) is 25.1. The molecule has 0 amide bonds. The number of fused-ring (bicyclic) bond motifs is 1. The van der Waals surface area contributed by atoms with Crippen LogP contribution in [0.25, 0.3) is 11.3 Å². The number of halogens is 2. The highest BCUT2D eigenvalue weighted by Crippen LogP contribution is 2.38. The van der Waals surface area contributed by atoms with Crippen molar-refractivity contribution in [2.75, 3.05) is 18.4 Å². The largest absolute Gasteiger partial charge is 0.507 e. The van der Waals surface area contributed by atoms with Crippen LogP contribution in [0, 0.1) is 6.92 Å². The van der Waals surface area contributed by atoms with Gasteiger partial charge in [-0.3, -0.25) is 4.90 Å². The van der Waals surface area contributed by atoms with E-state index in [9.17, 15) is 13.9 Å². The van der Waals surface area contributed by atoms with Gasteiger partial charge in [-0.25, -0.2) is 13.8 Å². The van der Waals surface area contributed by atoms with Gasteiger partial charge in [0.1, 0.15) is 11.4 Å². The Morgan fingerprint density at radius 1 is 1.24 bits per heavy atom. The standard InChI is InChI=1S/C21H27F2N5O/c1-13-18(15-8-7-14(12-16(15)29)21(3,22)23)26-27-19(24-13)25-20(2)9-5-11-28-10-4-6-17(20)28/h7-8,12,17,29H,4-6,9-11H2,1-3H3,(H,24,25,27)/t17?,20-/m0/s1. The molecule has 2 N–H and O–H groups in total. The van der Waals surface area contributed by atoms with Crippen molar-refractivity contribution in [2.24, 2.45) is 0 Å². The molecule has 2 atom stereocenters. The number of aryl methyl sites for hydroxylation is 1. The number of nitrogens with zero attached hydrogens (tertiary/aromatic N) is 4. The van der Waals surface area contributed by atoms with E-state index in [0.717, 1.165) is 45.3 Å². The van der Waals surface area contributed by atoms with E-state index in [4.69, 9.17) is 0 Å². The maximum Gasteiger partial charge on any atom is 0.270 e. The predicted molar refractivity (Wildman–Crippen MR) is 107 cm³/mol. The fraction of sp³-hybridized carbons (Fsp3) is 0.571. The number of alkyl halides is 2. The number of rotatable bonds is 4. The van der Waals surface area contributed by atoms with Gasteiger partial charge >= 0.3 is 0 Å². The fourth-order valence-electron chi connectivity index (χ4n) is 4.74. The lowest BCUT2D eigenvalue weighted by Crippen LogP contribution is -2.56. The van der Waals surface area contributed by atoms with Crippen molar-refractivity contribution in [1.82, 2.24) is 20.1 Å². The average Bonchev–Trinajstić information content (AvgIpc) is 3.12. The summed E-state index contributed by atoms with van der Waals surface area (Å²) in [6, 6.07) is 4.26. The second-order valence-corrected chi connectivity index (χ2v) is 8.53. The minimum atomic E-state index is -3.02. The quantitative estimate of drug-likeness (QED) is 0.801. The Bertz CT molecular complexity index is 916. The molecular weight excluding hydrogens is 376 g/mol. The van der Waals surface area contributed by atoms with Crippen LogP contribution in [0.2, 0.25) is 0 Å². The third-order valence-corrected chi connectivity index (χ3v) is 6.26. The van der Waals surface area contributed by atoms with Crippen LogP contribution in [0.1, 0.15) is 50.8 Å². The van der Waals surface area contributed by atoms with Gasteiger partial charge in [0.25, 0.3) is 5.92 Å². The molecule has 0 bridgehead atoms. The first kappa shape index (κ1) is 19.9. The van der Waals surface area contributed by atoms with Gasteiger partial charge in [-0.15, -0.1) is 10.2 Å². The first-order valence-electron chi connectivity index (χ1n) is 10.1. The summed E-state index contributed by atoms with van der Waals surface area (Å²) in [5.74, 6) is -2.82. The summed E-state index contributed by atoms with van der Waals surface area (Å²) in [4.78, 5) is 7.09. The first-order chi connectivity index (χ1) is 13.7. The highest BCUT2D eigenvalue weighted by Gasteiger charge is 2.43. The van der Waals surface area contributed by atoms with Crippen molar-refractivity contribution in [3.8, 4) is 17.0 Å². The summed E-state index contributed by atoms with van der Waals surface area (Å²) in [7, 11) is 0. The second kappa shape index (κ2) is 7.16. The molecule has 6 nitrogen and oxygen atoms in total. The maximum atomic E-state index is 13.5. The molecule has 4 rings (SSSR count). The van der Waals surface area contributed by atoms with Crippen LogP contribution in [0.3, 0.4) is 0 Å². The van der Waals surface area contributed by atoms with Crippen LogP contribution in [0.5, 0.6) is 5.75 Å². The molecule has 1 unspecified atom stereocenters. The van der Waals surface area contributed by atoms with Crippen molar-refractivity contribution >= 4 is 5.95 Å². The smallest absolute Gasteiger partial charge is 0.270 e. The van der Waals surface area contributed by atoms with E-state index in [1.807, 2.05) is 0 Å².